The van der Waals surface area contributed by atoms with Gasteiger partial charge in [0.25, 0.3) is 0 Å². The van der Waals surface area contributed by atoms with E-state index in [1.165, 1.54) is 18.7 Å². The average Bonchev–Trinajstić information content (AvgIpc) is 2.91. The van der Waals surface area contributed by atoms with E-state index in [1.54, 1.807) is 23.1 Å². The molecule has 1 aliphatic rings. The van der Waals surface area contributed by atoms with E-state index in [0.717, 1.165) is 11.3 Å². The third-order valence-electron chi connectivity index (χ3n) is 4.99. The summed E-state index contributed by atoms with van der Waals surface area (Å²) in [6, 6.07) is 15.1. The van der Waals surface area contributed by atoms with E-state index >= 15 is 0 Å². The molecule has 0 aliphatic carbocycles. The summed E-state index contributed by atoms with van der Waals surface area (Å²) in [5.74, 6) is 1.38. The number of anilines is 1. The van der Waals surface area contributed by atoms with Crippen molar-refractivity contribution in [3.63, 3.8) is 0 Å². The Labute approximate surface area is 191 Å². The maximum absolute atomic E-state index is 12.9. The van der Waals surface area contributed by atoms with Gasteiger partial charge in [-0.3, -0.25) is 9.69 Å². The molecule has 7 nitrogen and oxygen atoms in total. The number of carbonyl (C=O) groups is 1. The Bertz CT molecular complexity index is 1220. The topological polar surface area (TPSA) is 92.0 Å². The number of hydrogen-bond donors (Lipinski definition) is 0. The van der Waals surface area contributed by atoms with E-state index < -0.39 is 6.23 Å². The predicted octanol–water partition coefficient (Wildman–Crippen LogP) is 4.91. The zero-order chi connectivity index (χ0) is 22.8. The summed E-state index contributed by atoms with van der Waals surface area (Å²) in [7, 11) is 0. The van der Waals surface area contributed by atoms with Crippen LogP contribution in [-0.4, -0.2) is 26.8 Å². The molecule has 32 heavy (non-hydrogen) atoms. The van der Waals surface area contributed by atoms with Gasteiger partial charge in [-0.25, -0.2) is 0 Å². The molecule has 1 aliphatic heterocycles. The zero-order valence-corrected chi connectivity index (χ0v) is 19.2. The van der Waals surface area contributed by atoms with Crippen LogP contribution in [0.15, 0.2) is 47.6 Å². The fourth-order valence-electron chi connectivity index (χ4n) is 3.54. The Hall–Kier alpha value is -3.44. The number of rotatable bonds is 4. The molecule has 1 aromatic heterocycles. The molecule has 1 amide bonds. The number of nitriles is 1. The number of hydrogen-bond acceptors (Lipinski definition) is 7. The molecule has 8 heteroatoms. The monoisotopic (exact) mass is 445 g/mol. The van der Waals surface area contributed by atoms with Gasteiger partial charge in [-0.1, -0.05) is 55.4 Å². The summed E-state index contributed by atoms with van der Waals surface area (Å²) in [5, 5.41) is 18.9. The van der Waals surface area contributed by atoms with Crippen LogP contribution in [0.3, 0.4) is 0 Å². The molecule has 3 aromatic rings. The smallest absolute Gasteiger partial charge is 0.247 e. The van der Waals surface area contributed by atoms with E-state index in [4.69, 9.17) is 4.74 Å². The van der Waals surface area contributed by atoms with Crippen LogP contribution in [0, 0.1) is 24.2 Å². The number of carbonyl (C=O) groups excluding carboxylic acids is 1. The van der Waals surface area contributed by atoms with E-state index in [2.05, 4.69) is 35.1 Å². The minimum atomic E-state index is -0.870. The Kier molecular flexibility index (Phi) is 6.10. The number of nitrogens with zero attached hydrogens (tertiary/aromatic N) is 5. The molecule has 0 saturated heterocycles. The molecule has 0 saturated carbocycles. The van der Waals surface area contributed by atoms with E-state index in [0.29, 0.717) is 45.0 Å². The first-order chi connectivity index (χ1) is 15.4. The molecule has 0 N–H and O–H groups in total. The lowest BCUT2D eigenvalue weighted by molar-refractivity contribution is -0.118. The molecule has 0 radical (unpaired) electrons. The summed E-state index contributed by atoms with van der Waals surface area (Å²) >= 11 is 1.51. The number of fused-ring (bicyclic) bond motifs is 3. The first-order valence-electron chi connectivity index (χ1n) is 10.3. The Morgan fingerprint density at radius 2 is 2.03 bits per heavy atom. The van der Waals surface area contributed by atoms with Gasteiger partial charge in [0.1, 0.15) is 0 Å². The standard InChI is InChI=1S/C24H23N5O2S/c1-14(2)13-32-24-26-22-21(27-28-24)19-11-15(3)9-10-20(19)29(16(4)30)23(31-22)18-8-6-5-7-17(18)12-25/h5-11,14,23H,13H2,1-4H3. The maximum Gasteiger partial charge on any atom is 0.247 e. The van der Waals surface area contributed by atoms with Gasteiger partial charge >= 0.3 is 0 Å². The lowest BCUT2D eigenvalue weighted by Crippen LogP contribution is -2.36. The van der Waals surface area contributed by atoms with Gasteiger partial charge < -0.3 is 4.74 Å². The number of aryl methyl sites for hydroxylation is 1. The molecule has 1 atom stereocenters. The second-order valence-electron chi connectivity index (χ2n) is 8.03. The average molecular weight is 446 g/mol. The van der Waals surface area contributed by atoms with Crippen molar-refractivity contribution in [1.29, 1.82) is 5.26 Å². The summed E-state index contributed by atoms with van der Waals surface area (Å²) in [6.45, 7) is 7.70. The van der Waals surface area contributed by atoms with Gasteiger partial charge in [-0.05, 0) is 31.0 Å². The molecule has 162 valence electrons. The fourth-order valence-corrected chi connectivity index (χ4v) is 4.27. The second kappa shape index (κ2) is 8.97. The highest BCUT2D eigenvalue weighted by Gasteiger charge is 2.35. The Morgan fingerprint density at radius 1 is 1.25 bits per heavy atom. The fraction of sp³-hybridized carbons (Fsp3) is 0.292. The van der Waals surface area contributed by atoms with E-state index in [9.17, 15) is 10.1 Å². The highest BCUT2D eigenvalue weighted by atomic mass is 32.2. The first-order valence-corrected chi connectivity index (χ1v) is 11.3. The van der Waals surface area contributed by atoms with Gasteiger partial charge in [0.05, 0.1) is 17.3 Å². The first kappa shape index (κ1) is 21.8. The molecule has 0 spiro atoms. The van der Waals surface area contributed by atoms with Gasteiger partial charge in [0.2, 0.25) is 23.2 Å². The summed E-state index contributed by atoms with van der Waals surface area (Å²) in [5.41, 5.74) is 3.85. The summed E-state index contributed by atoms with van der Waals surface area (Å²) in [4.78, 5) is 19.1. The number of aromatic nitrogens is 3. The molecule has 2 aromatic carbocycles. The van der Waals surface area contributed by atoms with Crippen LogP contribution in [0.4, 0.5) is 5.69 Å². The minimum absolute atomic E-state index is 0.219. The molecular weight excluding hydrogens is 422 g/mol. The van der Waals surface area contributed by atoms with Crippen LogP contribution in [0.25, 0.3) is 11.3 Å². The lowest BCUT2D eigenvalue weighted by Gasteiger charge is -2.30. The van der Waals surface area contributed by atoms with Crippen LogP contribution in [-0.2, 0) is 4.79 Å². The molecule has 0 fully saturated rings. The van der Waals surface area contributed by atoms with Crippen molar-refractivity contribution in [1.82, 2.24) is 15.2 Å². The summed E-state index contributed by atoms with van der Waals surface area (Å²) in [6.07, 6.45) is -0.870. The van der Waals surface area contributed by atoms with Crippen LogP contribution in [0.2, 0.25) is 0 Å². The predicted molar refractivity (Wildman–Crippen MR) is 123 cm³/mol. The minimum Gasteiger partial charge on any atom is -0.447 e. The van der Waals surface area contributed by atoms with Crippen molar-refractivity contribution >= 4 is 23.4 Å². The normalized spacial score (nSPS) is 14.8. The number of ether oxygens (including phenoxy) is 1. The third-order valence-corrected chi connectivity index (χ3v) is 6.26. The van der Waals surface area contributed by atoms with Crippen LogP contribution < -0.4 is 9.64 Å². The number of thioether (sulfide) groups is 1. The molecule has 2 heterocycles. The lowest BCUT2D eigenvalue weighted by atomic mass is 10.0. The summed E-state index contributed by atoms with van der Waals surface area (Å²) < 4.78 is 6.36. The van der Waals surface area contributed by atoms with Crippen molar-refractivity contribution < 1.29 is 9.53 Å². The second-order valence-corrected chi connectivity index (χ2v) is 9.02. The van der Waals surface area contributed by atoms with Crippen molar-refractivity contribution in [3.05, 3.63) is 59.2 Å². The van der Waals surface area contributed by atoms with Gasteiger partial charge in [-0.2, -0.15) is 10.2 Å². The molecule has 1 unspecified atom stereocenters. The van der Waals surface area contributed by atoms with Crippen molar-refractivity contribution in [2.24, 2.45) is 5.92 Å². The molecular formula is C24H23N5O2S. The Balaban J connectivity index is 1.94. The highest BCUT2D eigenvalue weighted by molar-refractivity contribution is 7.99. The van der Waals surface area contributed by atoms with Crippen LogP contribution in [0.1, 0.15) is 43.7 Å². The van der Waals surface area contributed by atoms with Crippen molar-refractivity contribution in [2.45, 2.75) is 39.1 Å². The zero-order valence-electron chi connectivity index (χ0n) is 18.4. The number of amides is 1. The maximum atomic E-state index is 12.9. The van der Waals surface area contributed by atoms with Crippen molar-refractivity contribution in [3.8, 4) is 23.2 Å². The van der Waals surface area contributed by atoms with Crippen LogP contribution in [0.5, 0.6) is 5.88 Å². The van der Waals surface area contributed by atoms with E-state index in [-0.39, 0.29) is 5.91 Å². The van der Waals surface area contributed by atoms with Gasteiger partial charge in [-0.15, -0.1) is 10.2 Å². The van der Waals surface area contributed by atoms with Crippen LogP contribution >= 0.6 is 11.8 Å². The quantitative estimate of drug-likeness (QED) is 0.527. The van der Waals surface area contributed by atoms with E-state index in [1.807, 2.05) is 31.2 Å². The van der Waals surface area contributed by atoms with Gasteiger partial charge in [0, 0.05) is 23.8 Å². The number of benzene rings is 2. The SMILES string of the molecule is CC(=O)N1c2ccc(C)cc2-c2nnc(SCC(C)C)nc2OC1c1ccccc1C#N. The third kappa shape index (κ3) is 4.16. The van der Waals surface area contributed by atoms with Gasteiger partial charge in [0.15, 0.2) is 5.69 Å². The Morgan fingerprint density at radius 3 is 2.75 bits per heavy atom. The molecule has 4 rings (SSSR count). The van der Waals surface area contributed by atoms with Crippen molar-refractivity contribution in [2.75, 3.05) is 10.7 Å². The molecule has 0 bridgehead atoms. The largest absolute Gasteiger partial charge is 0.447 e. The highest BCUT2D eigenvalue weighted by Crippen LogP contribution is 2.44.